The van der Waals surface area contributed by atoms with E-state index in [4.69, 9.17) is 5.26 Å². The maximum absolute atomic E-state index is 10.9. The van der Waals surface area contributed by atoms with Gasteiger partial charge in [0.1, 0.15) is 0 Å². The molecule has 0 spiro atoms. The Morgan fingerprint density at radius 3 is 1.77 bits per heavy atom. The third-order valence-corrected chi connectivity index (χ3v) is 1.64. The summed E-state index contributed by atoms with van der Waals surface area (Å²) in [5, 5.41) is 8.70. The molecule has 0 saturated carbocycles. The Balaban J connectivity index is 0.000000396. The molecular weight excluding hydrogens is 168 g/mol. The molecule has 4 heteroatoms. The minimum Gasteiger partial charge on any atom is -0.288 e. The molecule has 0 saturated heterocycles. The molecule has 1 N–H and O–H groups in total. The van der Waals surface area contributed by atoms with E-state index >= 15 is 0 Å². The summed E-state index contributed by atoms with van der Waals surface area (Å²) in [6.07, 6.45) is 0. The van der Waals surface area contributed by atoms with Crippen LogP contribution in [0.3, 0.4) is 0 Å². The lowest BCUT2D eigenvalue weighted by Crippen LogP contribution is -2.19. The maximum Gasteiger partial charge on any atom is 0.258 e. The molecule has 0 unspecified atom stereocenters. The van der Waals surface area contributed by atoms with E-state index in [1.807, 2.05) is 0 Å². The normalized spacial score (nSPS) is 12.5. The summed E-state index contributed by atoms with van der Waals surface area (Å²) in [4.78, 5) is 21.9. The SMILES string of the molecule is C#N.O=C1NC(=O)c2ccccc21. The second kappa shape index (κ2) is 3.50. The van der Waals surface area contributed by atoms with Crippen molar-refractivity contribution >= 4 is 11.8 Å². The topological polar surface area (TPSA) is 70.0 Å². The zero-order valence-electron chi connectivity index (χ0n) is 6.65. The van der Waals surface area contributed by atoms with Gasteiger partial charge in [-0.05, 0) is 12.1 Å². The van der Waals surface area contributed by atoms with Crippen LogP contribution in [-0.4, -0.2) is 11.8 Å². The van der Waals surface area contributed by atoms with Gasteiger partial charge >= 0.3 is 0 Å². The van der Waals surface area contributed by atoms with E-state index in [0.717, 1.165) is 0 Å². The first-order valence-electron chi connectivity index (χ1n) is 3.49. The number of imide groups is 1. The number of benzene rings is 1. The van der Waals surface area contributed by atoms with Crippen molar-refractivity contribution in [1.29, 1.82) is 5.26 Å². The summed E-state index contributed by atoms with van der Waals surface area (Å²) in [5.41, 5.74) is 0.940. The maximum atomic E-state index is 10.9. The van der Waals surface area contributed by atoms with Crippen molar-refractivity contribution in [2.24, 2.45) is 0 Å². The van der Waals surface area contributed by atoms with E-state index in [2.05, 4.69) is 11.9 Å². The van der Waals surface area contributed by atoms with E-state index < -0.39 is 0 Å². The molecule has 0 aromatic heterocycles. The summed E-state index contributed by atoms with van der Waals surface area (Å²) < 4.78 is 0. The van der Waals surface area contributed by atoms with Gasteiger partial charge in [-0.1, -0.05) is 12.1 Å². The van der Waals surface area contributed by atoms with Gasteiger partial charge in [0, 0.05) is 6.57 Å². The van der Waals surface area contributed by atoms with Gasteiger partial charge in [0.25, 0.3) is 11.8 Å². The van der Waals surface area contributed by atoms with E-state index in [0.29, 0.717) is 11.1 Å². The number of hydrogen-bond acceptors (Lipinski definition) is 3. The van der Waals surface area contributed by atoms with Crippen LogP contribution in [0.1, 0.15) is 20.7 Å². The molecule has 64 valence electrons. The first-order valence-corrected chi connectivity index (χ1v) is 3.49. The van der Waals surface area contributed by atoms with Crippen molar-refractivity contribution in [2.45, 2.75) is 0 Å². The zero-order chi connectivity index (χ0) is 9.84. The van der Waals surface area contributed by atoms with Crippen LogP contribution in [-0.2, 0) is 0 Å². The van der Waals surface area contributed by atoms with Gasteiger partial charge in [-0.2, -0.15) is 0 Å². The number of fused-ring (bicyclic) bond motifs is 1. The molecular formula is C9H6N2O2. The molecule has 1 aromatic carbocycles. The molecule has 1 aromatic rings. The molecule has 1 heterocycles. The van der Waals surface area contributed by atoms with Crippen LogP contribution in [0.4, 0.5) is 0 Å². The Labute approximate surface area is 74.8 Å². The first kappa shape index (κ1) is 8.94. The van der Waals surface area contributed by atoms with Crippen LogP contribution in [0.5, 0.6) is 0 Å². The second-order valence-electron chi connectivity index (χ2n) is 2.33. The Hall–Kier alpha value is -2.15. The molecule has 0 atom stereocenters. The van der Waals surface area contributed by atoms with E-state index in [1.165, 1.54) is 0 Å². The lowest BCUT2D eigenvalue weighted by Gasteiger charge is -1.88. The minimum atomic E-state index is -0.300. The highest BCUT2D eigenvalue weighted by Gasteiger charge is 2.25. The predicted octanol–water partition coefficient (Wildman–Crippen LogP) is 0.710. The number of nitrogens with one attached hydrogen (secondary N) is 1. The highest BCUT2D eigenvalue weighted by molar-refractivity contribution is 6.21. The Bertz CT molecular complexity index is 349. The fourth-order valence-corrected chi connectivity index (χ4v) is 1.12. The van der Waals surface area contributed by atoms with E-state index in [9.17, 15) is 9.59 Å². The van der Waals surface area contributed by atoms with Crippen molar-refractivity contribution in [3.63, 3.8) is 0 Å². The smallest absolute Gasteiger partial charge is 0.258 e. The molecule has 0 radical (unpaired) electrons. The Morgan fingerprint density at radius 2 is 1.38 bits per heavy atom. The van der Waals surface area contributed by atoms with Crippen LogP contribution in [0.25, 0.3) is 0 Å². The third kappa shape index (κ3) is 1.40. The quantitative estimate of drug-likeness (QED) is 0.589. The second-order valence-corrected chi connectivity index (χ2v) is 2.33. The van der Waals surface area contributed by atoms with Gasteiger partial charge in [-0.25, -0.2) is 5.26 Å². The first-order chi connectivity index (χ1) is 6.29. The molecule has 13 heavy (non-hydrogen) atoms. The fourth-order valence-electron chi connectivity index (χ4n) is 1.12. The summed E-state index contributed by atoms with van der Waals surface area (Å²) >= 11 is 0. The highest BCUT2D eigenvalue weighted by atomic mass is 16.2. The molecule has 4 nitrogen and oxygen atoms in total. The van der Waals surface area contributed by atoms with Crippen LogP contribution in [0.15, 0.2) is 24.3 Å². The van der Waals surface area contributed by atoms with Crippen LogP contribution in [0, 0.1) is 11.8 Å². The van der Waals surface area contributed by atoms with Crippen molar-refractivity contribution in [2.75, 3.05) is 0 Å². The van der Waals surface area contributed by atoms with Crippen molar-refractivity contribution < 1.29 is 9.59 Å². The van der Waals surface area contributed by atoms with Gasteiger partial charge in [-0.3, -0.25) is 14.9 Å². The number of carbonyl (C=O) groups excluding carboxylic acids is 2. The van der Waals surface area contributed by atoms with E-state index in [-0.39, 0.29) is 11.8 Å². The van der Waals surface area contributed by atoms with Gasteiger partial charge in [-0.15, -0.1) is 0 Å². The number of nitrogens with zero attached hydrogens (tertiary/aromatic N) is 1. The number of nitriles is 1. The largest absolute Gasteiger partial charge is 0.288 e. The molecule has 0 fully saturated rings. The van der Waals surface area contributed by atoms with Crippen molar-refractivity contribution in [1.82, 2.24) is 5.32 Å². The standard InChI is InChI=1S/C8H5NO2.CHN/c10-7-5-3-1-2-4-6(5)8(11)9-7;1-2/h1-4H,(H,9,10,11);1H. The van der Waals surface area contributed by atoms with Crippen LogP contribution >= 0.6 is 0 Å². The summed E-state index contributed by atoms with van der Waals surface area (Å²) in [7, 11) is 0. The zero-order valence-corrected chi connectivity index (χ0v) is 6.65. The lowest BCUT2D eigenvalue weighted by atomic mass is 10.1. The predicted molar refractivity (Wildman–Crippen MR) is 44.9 cm³/mol. The van der Waals surface area contributed by atoms with Gasteiger partial charge in [0.05, 0.1) is 11.1 Å². The monoisotopic (exact) mass is 174 g/mol. The molecule has 0 bridgehead atoms. The van der Waals surface area contributed by atoms with Crippen LogP contribution in [0.2, 0.25) is 0 Å². The summed E-state index contributed by atoms with van der Waals surface area (Å²) in [6.45, 7) is 3.50. The average molecular weight is 174 g/mol. The van der Waals surface area contributed by atoms with Crippen molar-refractivity contribution in [3.8, 4) is 6.57 Å². The lowest BCUT2D eigenvalue weighted by molar-refractivity contribution is 0.0879. The minimum absolute atomic E-state index is 0.300. The summed E-state index contributed by atoms with van der Waals surface area (Å²) in [5.74, 6) is -0.601. The summed E-state index contributed by atoms with van der Waals surface area (Å²) in [6, 6.07) is 6.74. The molecule has 1 aliphatic rings. The molecule has 2 amide bonds. The fraction of sp³-hybridized carbons (Fsp3) is 0. The van der Waals surface area contributed by atoms with E-state index in [1.54, 1.807) is 24.3 Å². The number of rotatable bonds is 0. The molecule has 0 aliphatic carbocycles. The average Bonchev–Trinajstić information content (AvgIpc) is 2.47. The highest BCUT2D eigenvalue weighted by Crippen LogP contribution is 2.13. The Kier molecular flexibility index (Phi) is 2.41. The number of carbonyl (C=O) groups is 2. The molecule has 1 aliphatic heterocycles. The number of amides is 2. The third-order valence-electron chi connectivity index (χ3n) is 1.64. The molecule has 2 rings (SSSR count). The Morgan fingerprint density at radius 1 is 1.00 bits per heavy atom. The van der Waals surface area contributed by atoms with Crippen LogP contribution < -0.4 is 5.32 Å². The van der Waals surface area contributed by atoms with Gasteiger partial charge in [0.2, 0.25) is 0 Å². The number of hydrogen-bond donors (Lipinski definition) is 1. The van der Waals surface area contributed by atoms with Gasteiger partial charge in [0.15, 0.2) is 0 Å². The van der Waals surface area contributed by atoms with Gasteiger partial charge < -0.3 is 0 Å². The van der Waals surface area contributed by atoms with Crippen molar-refractivity contribution in [3.05, 3.63) is 35.4 Å².